The number of rotatable bonds is 6. The maximum absolute atomic E-state index is 12.3. The van der Waals surface area contributed by atoms with Crippen LogP contribution in [0.4, 0.5) is 5.69 Å². The van der Waals surface area contributed by atoms with Crippen molar-refractivity contribution in [3.8, 4) is 11.5 Å². The Kier molecular flexibility index (Phi) is 4.56. The number of nitrogens with one attached hydrogen (secondary N) is 1. The molecule has 0 bridgehead atoms. The summed E-state index contributed by atoms with van der Waals surface area (Å²) >= 11 is 0. The van der Waals surface area contributed by atoms with Crippen LogP contribution < -0.4 is 14.8 Å². The topological polar surface area (TPSA) is 98.0 Å². The SMILES string of the molecule is COc1cccc2cc(C(=O)Nc3ccc(OCC(=O)O)cc3)oc12. The van der Waals surface area contributed by atoms with Crippen molar-refractivity contribution in [2.45, 2.75) is 0 Å². The van der Waals surface area contributed by atoms with Gasteiger partial charge in [-0.25, -0.2) is 4.79 Å². The number of aliphatic carboxylic acids is 1. The van der Waals surface area contributed by atoms with Gasteiger partial charge in [-0.15, -0.1) is 0 Å². The Balaban J connectivity index is 1.72. The summed E-state index contributed by atoms with van der Waals surface area (Å²) in [6, 6.07) is 13.4. The van der Waals surface area contributed by atoms with Crippen LogP contribution in [-0.4, -0.2) is 30.7 Å². The number of anilines is 1. The van der Waals surface area contributed by atoms with Crippen molar-refractivity contribution in [2.75, 3.05) is 19.0 Å². The Morgan fingerprint density at radius 2 is 1.92 bits per heavy atom. The summed E-state index contributed by atoms with van der Waals surface area (Å²) in [5.74, 6) is -0.355. The maximum atomic E-state index is 12.3. The second-order valence-electron chi connectivity index (χ2n) is 5.15. The third-order valence-corrected chi connectivity index (χ3v) is 3.43. The quantitative estimate of drug-likeness (QED) is 0.715. The summed E-state index contributed by atoms with van der Waals surface area (Å²) in [5, 5.41) is 12.0. The molecule has 0 fully saturated rings. The van der Waals surface area contributed by atoms with Crippen LogP contribution in [0.2, 0.25) is 0 Å². The number of furan rings is 1. The predicted molar refractivity (Wildman–Crippen MR) is 90.3 cm³/mol. The summed E-state index contributed by atoms with van der Waals surface area (Å²) in [7, 11) is 1.53. The monoisotopic (exact) mass is 341 g/mol. The first kappa shape index (κ1) is 16.4. The molecule has 0 spiro atoms. The fraction of sp³-hybridized carbons (Fsp3) is 0.111. The summed E-state index contributed by atoms with van der Waals surface area (Å²) in [4.78, 5) is 22.8. The van der Waals surface area contributed by atoms with E-state index in [9.17, 15) is 9.59 Å². The van der Waals surface area contributed by atoms with Crippen molar-refractivity contribution < 1.29 is 28.6 Å². The molecule has 2 N–H and O–H groups in total. The van der Waals surface area contributed by atoms with Crippen LogP contribution in [0, 0.1) is 0 Å². The lowest BCUT2D eigenvalue weighted by Crippen LogP contribution is -2.11. The molecule has 0 aliphatic carbocycles. The lowest BCUT2D eigenvalue weighted by molar-refractivity contribution is -0.139. The Morgan fingerprint density at radius 3 is 2.60 bits per heavy atom. The Hall–Kier alpha value is -3.48. The molecule has 2 aromatic carbocycles. The van der Waals surface area contributed by atoms with E-state index in [2.05, 4.69) is 5.32 Å². The molecule has 3 rings (SSSR count). The van der Waals surface area contributed by atoms with E-state index in [4.69, 9.17) is 19.0 Å². The fourth-order valence-electron chi connectivity index (χ4n) is 2.28. The van der Waals surface area contributed by atoms with Crippen molar-refractivity contribution in [1.29, 1.82) is 0 Å². The molecule has 3 aromatic rings. The van der Waals surface area contributed by atoms with Crippen LogP contribution in [0.25, 0.3) is 11.0 Å². The highest BCUT2D eigenvalue weighted by atomic mass is 16.5. The molecule has 0 saturated carbocycles. The average molecular weight is 341 g/mol. The molecule has 0 saturated heterocycles. The van der Waals surface area contributed by atoms with E-state index in [1.807, 2.05) is 12.1 Å². The van der Waals surface area contributed by atoms with Crippen LogP contribution in [0.1, 0.15) is 10.6 Å². The number of para-hydroxylation sites is 1. The van der Waals surface area contributed by atoms with Gasteiger partial charge in [0.05, 0.1) is 7.11 Å². The molecule has 0 aliphatic heterocycles. The van der Waals surface area contributed by atoms with Gasteiger partial charge in [-0.2, -0.15) is 0 Å². The van der Waals surface area contributed by atoms with Crippen molar-refractivity contribution in [1.82, 2.24) is 0 Å². The van der Waals surface area contributed by atoms with Gasteiger partial charge in [0.25, 0.3) is 5.91 Å². The van der Waals surface area contributed by atoms with E-state index < -0.39 is 18.5 Å². The number of ether oxygens (including phenoxy) is 2. The van der Waals surface area contributed by atoms with Gasteiger partial charge in [-0.3, -0.25) is 4.79 Å². The second-order valence-corrected chi connectivity index (χ2v) is 5.15. The number of carboxylic acid groups (broad SMARTS) is 1. The normalized spacial score (nSPS) is 10.4. The van der Waals surface area contributed by atoms with Crippen molar-refractivity contribution >= 4 is 28.5 Å². The van der Waals surface area contributed by atoms with Gasteiger partial charge in [-0.1, -0.05) is 12.1 Å². The number of hydrogen-bond acceptors (Lipinski definition) is 5. The van der Waals surface area contributed by atoms with E-state index >= 15 is 0 Å². The number of amides is 1. The lowest BCUT2D eigenvalue weighted by Gasteiger charge is -2.06. The number of hydrogen-bond donors (Lipinski definition) is 2. The molecule has 7 nitrogen and oxygen atoms in total. The Morgan fingerprint density at radius 1 is 1.16 bits per heavy atom. The van der Waals surface area contributed by atoms with E-state index in [0.29, 0.717) is 22.8 Å². The molecule has 1 heterocycles. The minimum Gasteiger partial charge on any atom is -0.493 e. The minimum absolute atomic E-state index is 0.158. The molecule has 128 valence electrons. The Labute approximate surface area is 142 Å². The molecule has 25 heavy (non-hydrogen) atoms. The van der Waals surface area contributed by atoms with Crippen LogP contribution >= 0.6 is 0 Å². The van der Waals surface area contributed by atoms with Crippen molar-refractivity contribution in [3.05, 3.63) is 54.3 Å². The smallest absolute Gasteiger partial charge is 0.341 e. The first-order chi connectivity index (χ1) is 12.1. The summed E-state index contributed by atoms with van der Waals surface area (Å²) < 4.78 is 15.8. The van der Waals surface area contributed by atoms with E-state index in [1.54, 1.807) is 36.4 Å². The minimum atomic E-state index is -1.06. The molecule has 0 aliphatic rings. The van der Waals surface area contributed by atoms with Crippen LogP contribution in [0.3, 0.4) is 0 Å². The predicted octanol–water partition coefficient (Wildman–Crippen LogP) is 3.16. The highest BCUT2D eigenvalue weighted by Crippen LogP contribution is 2.28. The molecule has 0 unspecified atom stereocenters. The molecule has 1 amide bonds. The number of carboxylic acids is 1. The number of carbonyl (C=O) groups is 2. The summed E-state index contributed by atoms with van der Waals surface area (Å²) in [5.41, 5.74) is 1.03. The molecule has 1 aromatic heterocycles. The van der Waals surface area contributed by atoms with Crippen molar-refractivity contribution in [3.63, 3.8) is 0 Å². The van der Waals surface area contributed by atoms with Gasteiger partial charge in [0.1, 0.15) is 5.75 Å². The third kappa shape index (κ3) is 3.72. The number of methoxy groups -OCH3 is 1. The maximum Gasteiger partial charge on any atom is 0.341 e. The van der Waals surface area contributed by atoms with E-state index in [-0.39, 0.29) is 5.76 Å². The van der Waals surface area contributed by atoms with Crippen LogP contribution in [0.15, 0.2) is 52.9 Å². The zero-order valence-corrected chi connectivity index (χ0v) is 13.3. The number of benzene rings is 2. The van der Waals surface area contributed by atoms with Crippen LogP contribution in [-0.2, 0) is 4.79 Å². The second kappa shape index (κ2) is 6.96. The van der Waals surface area contributed by atoms with E-state index in [1.165, 1.54) is 7.11 Å². The van der Waals surface area contributed by atoms with Gasteiger partial charge < -0.3 is 24.3 Å². The number of fused-ring (bicyclic) bond motifs is 1. The first-order valence-electron chi connectivity index (χ1n) is 7.39. The van der Waals surface area contributed by atoms with Crippen molar-refractivity contribution in [2.24, 2.45) is 0 Å². The summed E-state index contributed by atoms with van der Waals surface area (Å²) in [6.45, 7) is -0.424. The van der Waals surface area contributed by atoms with Gasteiger partial charge >= 0.3 is 5.97 Å². The third-order valence-electron chi connectivity index (χ3n) is 3.43. The highest BCUT2D eigenvalue weighted by molar-refractivity contribution is 6.05. The molecular weight excluding hydrogens is 326 g/mol. The van der Waals surface area contributed by atoms with Crippen LogP contribution in [0.5, 0.6) is 11.5 Å². The van der Waals surface area contributed by atoms with Gasteiger partial charge in [0.2, 0.25) is 0 Å². The molecular formula is C18H15NO6. The molecule has 0 radical (unpaired) electrons. The number of carbonyl (C=O) groups excluding carboxylic acids is 1. The molecule has 0 atom stereocenters. The van der Waals surface area contributed by atoms with E-state index in [0.717, 1.165) is 5.39 Å². The largest absolute Gasteiger partial charge is 0.493 e. The Bertz CT molecular complexity index is 913. The molecule has 7 heteroatoms. The first-order valence-corrected chi connectivity index (χ1v) is 7.39. The van der Waals surface area contributed by atoms with Gasteiger partial charge in [0, 0.05) is 11.1 Å². The average Bonchev–Trinajstić information content (AvgIpc) is 3.05. The fourth-order valence-corrected chi connectivity index (χ4v) is 2.28. The van der Waals surface area contributed by atoms with Gasteiger partial charge in [0.15, 0.2) is 23.7 Å². The standard InChI is InChI=1S/C18H15NO6/c1-23-14-4-2-3-11-9-15(25-17(11)14)18(22)19-12-5-7-13(8-6-12)24-10-16(20)21/h2-9H,10H2,1H3,(H,19,22)(H,20,21). The van der Waals surface area contributed by atoms with Gasteiger partial charge in [-0.05, 0) is 36.4 Å². The zero-order valence-electron chi connectivity index (χ0n) is 13.3. The lowest BCUT2D eigenvalue weighted by atomic mass is 10.2. The highest BCUT2D eigenvalue weighted by Gasteiger charge is 2.15. The summed E-state index contributed by atoms with van der Waals surface area (Å²) in [6.07, 6.45) is 0. The zero-order chi connectivity index (χ0) is 17.8.